The monoisotopic (exact) mass is 337 g/mol. The second kappa shape index (κ2) is 9.17. The summed E-state index contributed by atoms with van der Waals surface area (Å²) in [4.78, 5) is 11.5. The Morgan fingerprint density at radius 2 is 1.96 bits per heavy atom. The molecule has 2 aromatic rings. The molecule has 0 saturated carbocycles. The lowest BCUT2D eigenvalue weighted by molar-refractivity contribution is 0.291. The lowest BCUT2D eigenvalue weighted by Crippen LogP contribution is -2.26. The van der Waals surface area contributed by atoms with Crippen LogP contribution < -0.4 is 20.3 Å². The van der Waals surface area contributed by atoms with E-state index in [0.717, 1.165) is 24.5 Å². The van der Waals surface area contributed by atoms with Crippen molar-refractivity contribution in [3.05, 3.63) is 51.9 Å². The van der Waals surface area contributed by atoms with E-state index in [1.165, 1.54) is 16.8 Å². The first-order chi connectivity index (χ1) is 11.2. The molecule has 1 aromatic carbocycles. The number of para-hydroxylation sites is 2. The van der Waals surface area contributed by atoms with Crippen LogP contribution in [0.4, 0.5) is 0 Å². The minimum Gasteiger partial charge on any atom is -0.493 e. The molecule has 0 atom stereocenters. The molecule has 0 aliphatic carbocycles. The van der Waals surface area contributed by atoms with Crippen LogP contribution in [0, 0.1) is 0 Å². The predicted octanol–water partition coefficient (Wildman–Crippen LogP) is 1.96. The van der Waals surface area contributed by atoms with Crippen molar-refractivity contribution in [1.29, 1.82) is 0 Å². The van der Waals surface area contributed by atoms with E-state index in [4.69, 9.17) is 21.1 Å². The van der Waals surface area contributed by atoms with Gasteiger partial charge in [0.2, 0.25) is 0 Å². The molecule has 0 aliphatic rings. The average molecular weight is 338 g/mol. The summed E-state index contributed by atoms with van der Waals surface area (Å²) in [5, 5.41) is 7.55. The summed E-state index contributed by atoms with van der Waals surface area (Å²) >= 11 is 5.77. The van der Waals surface area contributed by atoms with E-state index in [2.05, 4.69) is 10.4 Å². The van der Waals surface area contributed by atoms with Gasteiger partial charge in [-0.05, 0) is 31.2 Å². The molecule has 0 radical (unpaired) electrons. The number of halogens is 1. The summed E-state index contributed by atoms with van der Waals surface area (Å²) < 4.78 is 12.2. The summed E-state index contributed by atoms with van der Waals surface area (Å²) in [5.41, 5.74) is -0.145. The quantitative estimate of drug-likeness (QED) is 0.709. The number of hydrogen-bond donors (Lipinski definition) is 1. The fraction of sp³-hybridized carbons (Fsp3) is 0.375. The fourth-order valence-corrected chi connectivity index (χ4v) is 2.19. The van der Waals surface area contributed by atoms with Crippen LogP contribution in [0.15, 0.2) is 41.2 Å². The second-order valence-electron chi connectivity index (χ2n) is 4.82. The van der Waals surface area contributed by atoms with Gasteiger partial charge in [0.1, 0.15) is 11.8 Å². The molecule has 7 heteroatoms. The van der Waals surface area contributed by atoms with Crippen LogP contribution in [-0.2, 0) is 6.54 Å². The van der Waals surface area contributed by atoms with E-state index >= 15 is 0 Å². The van der Waals surface area contributed by atoms with Crippen molar-refractivity contribution >= 4 is 11.6 Å². The number of aromatic nitrogens is 2. The van der Waals surface area contributed by atoms with Gasteiger partial charge in [-0.1, -0.05) is 23.7 Å². The number of methoxy groups -OCH3 is 1. The van der Waals surface area contributed by atoms with Crippen LogP contribution in [0.2, 0.25) is 5.15 Å². The van der Waals surface area contributed by atoms with Gasteiger partial charge in [0.15, 0.2) is 11.5 Å². The zero-order chi connectivity index (χ0) is 16.5. The Hall–Kier alpha value is -2.05. The maximum Gasteiger partial charge on any atom is 0.266 e. The van der Waals surface area contributed by atoms with Crippen LogP contribution in [0.25, 0.3) is 0 Å². The first kappa shape index (κ1) is 17.3. The highest BCUT2D eigenvalue weighted by atomic mass is 35.5. The molecule has 0 amide bonds. The van der Waals surface area contributed by atoms with E-state index in [1.54, 1.807) is 7.11 Å². The Balaban J connectivity index is 1.63. The van der Waals surface area contributed by atoms with Crippen LogP contribution in [0.1, 0.15) is 6.42 Å². The smallest absolute Gasteiger partial charge is 0.266 e. The van der Waals surface area contributed by atoms with Gasteiger partial charge in [0, 0.05) is 19.2 Å². The number of ether oxygens (including phenoxy) is 2. The number of aryl methyl sites for hydroxylation is 1. The van der Waals surface area contributed by atoms with Crippen LogP contribution >= 0.6 is 11.6 Å². The van der Waals surface area contributed by atoms with Crippen molar-refractivity contribution in [2.24, 2.45) is 0 Å². The number of benzene rings is 1. The summed E-state index contributed by atoms with van der Waals surface area (Å²) in [6, 6.07) is 10.4. The summed E-state index contributed by atoms with van der Waals surface area (Å²) in [6.45, 7) is 2.53. The third-order valence-corrected chi connectivity index (χ3v) is 3.36. The second-order valence-corrected chi connectivity index (χ2v) is 5.21. The van der Waals surface area contributed by atoms with E-state index in [0.29, 0.717) is 24.8 Å². The highest BCUT2D eigenvalue weighted by molar-refractivity contribution is 6.29. The number of hydrogen-bond acceptors (Lipinski definition) is 5. The van der Waals surface area contributed by atoms with Crippen molar-refractivity contribution in [1.82, 2.24) is 15.1 Å². The van der Waals surface area contributed by atoms with Crippen LogP contribution in [-0.4, -0.2) is 36.6 Å². The maximum atomic E-state index is 11.5. The third kappa shape index (κ3) is 5.58. The highest BCUT2D eigenvalue weighted by Gasteiger charge is 2.02. The molecule has 0 saturated heterocycles. The van der Waals surface area contributed by atoms with Crippen LogP contribution in [0.5, 0.6) is 11.5 Å². The molecule has 6 nitrogen and oxygen atoms in total. The van der Waals surface area contributed by atoms with Crippen molar-refractivity contribution in [2.75, 3.05) is 26.8 Å². The Morgan fingerprint density at radius 3 is 2.74 bits per heavy atom. The maximum absolute atomic E-state index is 11.5. The van der Waals surface area contributed by atoms with Crippen molar-refractivity contribution in [3.63, 3.8) is 0 Å². The van der Waals surface area contributed by atoms with Gasteiger partial charge in [-0.3, -0.25) is 4.79 Å². The van der Waals surface area contributed by atoms with Gasteiger partial charge in [0.25, 0.3) is 5.56 Å². The number of nitrogens with one attached hydrogen (secondary N) is 1. The topological polar surface area (TPSA) is 65.4 Å². The lowest BCUT2D eigenvalue weighted by Gasteiger charge is -2.11. The molecule has 0 fully saturated rings. The van der Waals surface area contributed by atoms with Gasteiger partial charge >= 0.3 is 0 Å². The van der Waals surface area contributed by atoms with E-state index in [-0.39, 0.29) is 5.56 Å². The molecule has 0 bridgehead atoms. The van der Waals surface area contributed by atoms with Gasteiger partial charge < -0.3 is 14.8 Å². The molecular weight excluding hydrogens is 318 g/mol. The van der Waals surface area contributed by atoms with E-state index in [9.17, 15) is 4.79 Å². The number of nitrogens with zero attached hydrogens (tertiary/aromatic N) is 2. The lowest BCUT2D eigenvalue weighted by atomic mass is 10.3. The Morgan fingerprint density at radius 1 is 1.17 bits per heavy atom. The zero-order valence-electron chi connectivity index (χ0n) is 13.0. The fourth-order valence-electron chi connectivity index (χ4n) is 2.03. The summed E-state index contributed by atoms with van der Waals surface area (Å²) in [6.07, 6.45) is 0.780. The van der Waals surface area contributed by atoms with E-state index < -0.39 is 0 Å². The molecule has 23 heavy (non-hydrogen) atoms. The predicted molar refractivity (Wildman–Crippen MR) is 89.5 cm³/mol. The standard InChI is InChI=1S/C16H20ClN3O3/c1-22-13-5-2-3-6-14(13)23-12-10-18-9-4-11-20-16(21)8-7-15(17)19-20/h2-3,5-8,18H,4,9-12H2,1H3. The minimum atomic E-state index is -0.145. The van der Waals surface area contributed by atoms with Crippen molar-refractivity contribution in [3.8, 4) is 11.5 Å². The molecule has 1 heterocycles. The normalized spacial score (nSPS) is 10.5. The van der Waals surface area contributed by atoms with Gasteiger partial charge in [-0.25, -0.2) is 4.68 Å². The molecule has 0 aliphatic heterocycles. The van der Waals surface area contributed by atoms with E-state index in [1.807, 2.05) is 24.3 Å². The molecule has 0 spiro atoms. The third-order valence-electron chi connectivity index (χ3n) is 3.16. The first-order valence-electron chi connectivity index (χ1n) is 7.41. The van der Waals surface area contributed by atoms with Crippen molar-refractivity contribution in [2.45, 2.75) is 13.0 Å². The summed E-state index contributed by atoms with van der Waals surface area (Å²) in [7, 11) is 1.62. The van der Waals surface area contributed by atoms with Gasteiger partial charge in [-0.15, -0.1) is 0 Å². The highest BCUT2D eigenvalue weighted by Crippen LogP contribution is 2.25. The van der Waals surface area contributed by atoms with Gasteiger partial charge in [0.05, 0.1) is 7.11 Å². The Bertz CT molecular complexity index is 676. The molecule has 1 N–H and O–H groups in total. The van der Waals surface area contributed by atoms with Crippen molar-refractivity contribution < 1.29 is 9.47 Å². The Kier molecular flexibility index (Phi) is 6.90. The largest absolute Gasteiger partial charge is 0.493 e. The molecular formula is C16H20ClN3O3. The summed E-state index contributed by atoms with van der Waals surface area (Å²) in [5.74, 6) is 1.45. The molecule has 2 rings (SSSR count). The molecule has 1 aromatic heterocycles. The Labute approximate surface area is 140 Å². The van der Waals surface area contributed by atoms with Gasteiger partial charge in [-0.2, -0.15) is 5.10 Å². The van der Waals surface area contributed by atoms with Crippen LogP contribution in [0.3, 0.4) is 0 Å². The SMILES string of the molecule is COc1ccccc1OCCNCCCn1nc(Cl)ccc1=O. The first-order valence-corrected chi connectivity index (χ1v) is 7.78. The molecule has 124 valence electrons. The average Bonchev–Trinajstić information content (AvgIpc) is 2.57. The minimum absolute atomic E-state index is 0.145. The zero-order valence-corrected chi connectivity index (χ0v) is 13.8. The molecule has 0 unspecified atom stereocenters. The number of rotatable bonds is 9.